The van der Waals surface area contributed by atoms with E-state index in [1.54, 1.807) is 6.33 Å². The first-order chi connectivity index (χ1) is 12.7. The van der Waals surface area contributed by atoms with E-state index in [1.807, 2.05) is 24.0 Å². The second-order valence-corrected chi connectivity index (χ2v) is 7.66. The zero-order valence-electron chi connectivity index (χ0n) is 14.2. The Morgan fingerprint density at radius 2 is 2.19 bits per heavy atom. The second kappa shape index (κ2) is 5.88. The van der Waals surface area contributed by atoms with Crippen LogP contribution in [0.2, 0.25) is 0 Å². The lowest BCUT2D eigenvalue weighted by Gasteiger charge is -2.26. The molecule has 3 aromatic rings. The highest BCUT2D eigenvalue weighted by Gasteiger charge is 2.21. The summed E-state index contributed by atoms with van der Waals surface area (Å²) in [6.45, 7) is 2.96. The van der Waals surface area contributed by atoms with Gasteiger partial charge in [0.25, 0.3) is 0 Å². The molecule has 2 aromatic heterocycles. The Hall–Kier alpha value is -2.80. The zero-order chi connectivity index (χ0) is 17.7. The minimum atomic E-state index is 0.0652. The van der Waals surface area contributed by atoms with Crippen LogP contribution in [0.4, 0.5) is 11.5 Å². The molecule has 2 aliphatic rings. The first kappa shape index (κ1) is 15.5. The van der Waals surface area contributed by atoms with Gasteiger partial charge in [-0.05, 0) is 29.7 Å². The lowest BCUT2D eigenvalue weighted by atomic mass is 10.1. The molecular formula is C19H17N5OS. The molecule has 0 bridgehead atoms. The predicted octanol–water partition coefficient (Wildman–Crippen LogP) is 3.31. The van der Waals surface area contributed by atoms with Crippen LogP contribution in [0.3, 0.4) is 0 Å². The fraction of sp³-hybridized carbons (Fsp3) is 0.211. The Kier molecular flexibility index (Phi) is 3.49. The monoisotopic (exact) mass is 363 g/mol. The first-order valence-corrected chi connectivity index (χ1v) is 9.51. The summed E-state index contributed by atoms with van der Waals surface area (Å²) in [6.07, 6.45) is 6.20. The van der Waals surface area contributed by atoms with Crippen LogP contribution in [-0.2, 0) is 11.2 Å². The van der Waals surface area contributed by atoms with Gasteiger partial charge in [-0.3, -0.25) is 4.79 Å². The number of benzene rings is 1. The Morgan fingerprint density at radius 3 is 3.12 bits per heavy atom. The molecule has 4 heterocycles. The third kappa shape index (κ3) is 2.47. The van der Waals surface area contributed by atoms with Crippen molar-refractivity contribution in [3.8, 4) is 0 Å². The Bertz CT molecular complexity index is 1070. The van der Waals surface area contributed by atoms with Crippen molar-refractivity contribution < 1.29 is 4.79 Å². The maximum Gasteiger partial charge on any atom is 0.228 e. The van der Waals surface area contributed by atoms with E-state index in [1.165, 1.54) is 4.91 Å². The average molecular weight is 363 g/mol. The molecule has 5 rings (SSSR count). The van der Waals surface area contributed by atoms with Crippen LogP contribution in [0.15, 0.2) is 36.9 Å². The van der Waals surface area contributed by atoms with Crippen molar-refractivity contribution in [2.45, 2.75) is 13.3 Å². The minimum absolute atomic E-state index is 0.0652. The molecule has 1 amide bonds. The van der Waals surface area contributed by atoms with Gasteiger partial charge in [-0.25, -0.2) is 9.97 Å². The maximum absolute atomic E-state index is 11.6. The molecule has 0 radical (unpaired) electrons. The Labute approximate surface area is 154 Å². The zero-order valence-corrected chi connectivity index (χ0v) is 15.1. The molecule has 0 saturated heterocycles. The molecule has 1 aromatic carbocycles. The molecule has 6 nitrogen and oxygen atoms in total. The summed E-state index contributed by atoms with van der Waals surface area (Å²) in [6, 6.07) is 6.21. The number of hydrogen-bond acceptors (Lipinski definition) is 5. The topological polar surface area (TPSA) is 73.9 Å². The van der Waals surface area contributed by atoms with Crippen molar-refractivity contribution in [1.82, 2.24) is 15.0 Å². The molecule has 0 atom stereocenters. The smallest absolute Gasteiger partial charge is 0.228 e. The molecule has 26 heavy (non-hydrogen) atoms. The highest BCUT2D eigenvalue weighted by molar-refractivity contribution is 8.08. The van der Waals surface area contributed by atoms with Gasteiger partial charge in [0, 0.05) is 35.3 Å². The number of nitrogens with one attached hydrogen (secondary N) is 2. The van der Waals surface area contributed by atoms with E-state index in [9.17, 15) is 4.79 Å². The highest BCUT2D eigenvalue weighted by atomic mass is 32.2. The largest absolute Gasteiger partial charge is 0.346 e. The van der Waals surface area contributed by atoms with Crippen molar-refractivity contribution in [3.05, 3.63) is 53.6 Å². The van der Waals surface area contributed by atoms with Crippen LogP contribution < -0.4 is 10.2 Å². The van der Waals surface area contributed by atoms with Crippen molar-refractivity contribution in [1.29, 1.82) is 0 Å². The first-order valence-electron chi connectivity index (χ1n) is 8.52. The predicted molar refractivity (Wildman–Crippen MR) is 105 cm³/mol. The van der Waals surface area contributed by atoms with Gasteiger partial charge >= 0.3 is 0 Å². The van der Waals surface area contributed by atoms with Gasteiger partial charge in [-0.1, -0.05) is 12.1 Å². The Morgan fingerprint density at radius 1 is 1.27 bits per heavy atom. The molecule has 0 spiro atoms. The summed E-state index contributed by atoms with van der Waals surface area (Å²) < 4.78 is 0. The third-order valence-corrected chi connectivity index (χ3v) is 5.84. The van der Waals surface area contributed by atoms with Gasteiger partial charge in [0.1, 0.15) is 17.8 Å². The summed E-state index contributed by atoms with van der Waals surface area (Å²) in [5.74, 6) is 1.97. The number of anilines is 2. The summed E-state index contributed by atoms with van der Waals surface area (Å²) in [4.78, 5) is 27.0. The molecule has 2 N–H and O–H groups in total. The minimum Gasteiger partial charge on any atom is -0.346 e. The Balaban J connectivity index is 1.55. The van der Waals surface area contributed by atoms with Gasteiger partial charge in [-0.15, -0.1) is 11.8 Å². The lowest BCUT2D eigenvalue weighted by molar-refractivity contribution is -0.115. The number of amides is 1. The van der Waals surface area contributed by atoms with E-state index in [4.69, 9.17) is 0 Å². The van der Waals surface area contributed by atoms with Crippen LogP contribution in [-0.4, -0.2) is 33.2 Å². The number of hydrogen-bond donors (Lipinski definition) is 2. The van der Waals surface area contributed by atoms with Crippen molar-refractivity contribution in [2.24, 2.45) is 0 Å². The van der Waals surface area contributed by atoms with Crippen LogP contribution in [0.1, 0.15) is 16.7 Å². The molecule has 7 heteroatoms. The van der Waals surface area contributed by atoms with E-state index in [2.05, 4.69) is 50.4 Å². The summed E-state index contributed by atoms with van der Waals surface area (Å²) in [5, 5.41) is 4.00. The van der Waals surface area contributed by atoms with Crippen LogP contribution in [0, 0.1) is 6.92 Å². The number of aromatic amines is 1. The molecular weight excluding hydrogens is 346 g/mol. The van der Waals surface area contributed by atoms with Gasteiger partial charge in [0.05, 0.1) is 11.8 Å². The number of carbonyl (C=O) groups is 1. The highest BCUT2D eigenvalue weighted by Crippen LogP contribution is 2.37. The van der Waals surface area contributed by atoms with Gasteiger partial charge < -0.3 is 15.2 Å². The lowest BCUT2D eigenvalue weighted by Crippen LogP contribution is -2.24. The fourth-order valence-corrected chi connectivity index (χ4v) is 4.51. The second-order valence-electron chi connectivity index (χ2n) is 6.52. The number of fused-ring (bicyclic) bond motifs is 2. The van der Waals surface area contributed by atoms with E-state index in [0.29, 0.717) is 6.42 Å². The maximum atomic E-state index is 11.6. The number of aryl methyl sites for hydroxylation is 1. The van der Waals surface area contributed by atoms with E-state index < -0.39 is 0 Å². The van der Waals surface area contributed by atoms with Crippen molar-refractivity contribution >= 4 is 45.1 Å². The quantitative estimate of drug-likeness (QED) is 0.731. The standard InChI is InChI=1S/C19H17N5OS/c1-11-8-20-18-17(11)19(22-10-21-18)24-4-5-26-15(9-24)13-3-2-12-7-16(25)23-14(12)6-13/h2-3,6,8-10H,4-5,7H2,1H3,(H,23,25)(H,20,21,22). The van der Waals surface area contributed by atoms with E-state index in [0.717, 1.165) is 51.5 Å². The molecule has 0 fully saturated rings. The van der Waals surface area contributed by atoms with Crippen molar-refractivity contribution in [3.63, 3.8) is 0 Å². The van der Waals surface area contributed by atoms with Gasteiger partial charge in [0.15, 0.2) is 0 Å². The fourth-order valence-electron chi connectivity index (χ4n) is 3.51. The summed E-state index contributed by atoms with van der Waals surface area (Å²) >= 11 is 1.83. The van der Waals surface area contributed by atoms with Crippen molar-refractivity contribution in [2.75, 3.05) is 22.5 Å². The van der Waals surface area contributed by atoms with Crippen LogP contribution in [0.25, 0.3) is 15.9 Å². The number of H-pyrrole nitrogens is 1. The van der Waals surface area contributed by atoms with Gasteiger partial charge in [0.2, 0.25) is 5.91 Å². The number of thioether (sulfide) groups is 1. The third-order valence-electron chi connectivity index (χ3n) is 4.80. The normalized spacial score (nSPS) is 16.6. The molecule has 0 unspecified atom stereocenters. The summed E-state index contributed by atoms with van der Waals surface area (Å²) in [5.41, 5.74) is 5.12. The molecule has 2 aliphatic heterocycles. The summed E-state index contributed by atoms with van der Waals surface area (Å²) in [7, 11) is 0. The van der Waals surface area contributed by atoms with Gasteiger partial charge in [-0.2, -0.15) is 0 Å². The SMILES string of the molecule is Cc1c[nH]c2ncnc(N3C=C(c4ccc5c(c4)NC(=O)C5)SCC3)c12. The number of carbonyl (C=O) groups excluding carboxylic acids is 1. The number of nitrogens with zero attached hydrogens (tertiary/aromatic N) is 3. The average Bonchev–Trinajstić information content (AvgIpc) is 3.23. The number of aromatic nitrogens is 3. The van der Waals surface area contributed by atoms with Crippen LogP contribution in [0.5, 0.6) is 0 Å². The van der Waals surface area contributed by atoms with E-state index in [-0.39, 0.29) is 5.91 Å². The molecule has 0 aliphatic carbocycles. The van der Waals surface area contributed by atoms with Crippen LogP contribution >= 0.6 is 11.8 Å². The molecule has 130 valence electrons. The molecule has 0 saturated carbocycles. The van der Waals surface area contributed by atoms with E-state index >= 15 is 0 Å². The number of rotatable bonds is 2.